The van der Waals surface area contributed by atoms with Crippen LogP contribution in [0.25, 0.3) is 22.2 Å². The van der Waals surface area contributed by atoms with Crippen LogP contribution >= 0.6 is 0 Å². The van der Waals surface area contributed by atoms with Gasteiger partial charge in [-0.1, -0.05) is 18.2 Å². The number of nitrogens with one attached hydrogen (secondary N) is 1. The second-order valence-electron chi connectivity index (χ2n) is 8.53. The Kier molecular flexibility index (Phi) is 5.40. The Morgan fingerprint density at radius 2 is 1.88 bits per heavy atom. The van der Waals surface area contributed by atoms with Crippen molar-refractivity contribution in [3.8, 4) is 11.3 Å². The van der Waals surface area contributed by atoms with E-state index in [0.717, 1.165) is 58.7 Å². The van der Waals surface area contributed by atoms with Crippen molar-refractivity contribution in [2.24, 2.45) is 7.05 Å². The molecule has 0 spiro atoms. The summed E-state index contributed by atoms with van der Waals surface area (Å²) in [4.78, 5) is 11.7. The number of H-pyrrole nitrogens is 1. The van der Waals surface area contributed by atoms with Crippen LogP contribution in [0.4, 0.5) is 13.2 Å². The molecule has 0 unspecified atom stereocenters. The highest BCUT2D eigenvalue weighted by Crippen LogP contribution is 2.37. The molecule has 4 heterocycles. The molecule has 0 amide bonds. The quantitative estimate of drug-likeness (QED) is 0.492. The van der Waals surface area contributed by atoms with E-state index in [1.807, 2.05) is 31.2 Å². The molecule has 10 heteroatoms. The summed E-state index contributed by atoms with van der Waals surface area (Å²) in [5.74, 6) is 1.03. The number of para-hydroxylation sites is 1. The minimum Gasteiger partial charge on any atom is -0.296 e. The number of nitrogens with zero attached hydrogens (tertiary/aromatic N) is 6. The van der Waals surface area contributed by atoms with E-state index in [1.54, 1.807) is 6.07 Å². The number of aromatic amines is 1. The highest BCUT2D eigenvalue weighted by Gasteiger charge is 2.38. The van der Waals surface area contributed by atoms with Crippen LogP contribution in [-0.2, 0) is 19.8 Å². The van der Waals surface area contributed by atoms with Gasteiger partial charge in [-0.3, -0.25) is 14.7 Å². The fraction of sp³-hybridized carbons (Fsp3) is 0.391. The molecule has 1 aliphatic rings. The molecule has 0 atom stereocenters. The third-order valence-electron chi connectivity index (χ3n) is 6.31. The largest absolute Gasteiger partial charge is 0.433 e. The van der Waals surface area contributed by atoms with E-state index >= 15 is 0 Å². The maximum absolute atomic E-state index is 13.4. The molecular weight excluding hydrogens is 431 g/mol. The van der Waals surface area contributed by atoms with Crippen LogP contribution in [0.3, 0.4) is 0 Å². The molecule has 0 aliphatic carbocycles. The van der Waals surface area contributed by atoms with Crippen LogP contribution in [-0.4, -0.2) is 47.9 Å². The number of aromatic nitrogens is 6. The number of fused-ring (bicyclic) bond motifs is 1. The summed E-state index contributed by atoms with van der Waals surface area (Å²) in [6.07, 6.45) is -1.51. The Bertz CT molecular complexity index is 1280. The van der Waals surface area contributed by atoms with Crippen LogP contribution in [0.5, 0.6) is 0 Å². The molecule has 1 aromatic carbocycles. The van der Waals surface area contributed by atoms with E-state index in [9.17, 15) is 13.2 Å². The molecule has 1 fully saturated rings. The molecule has 0 bridgehead atoms. The number of halogens is 3. The number of aryl methyl sites for hydroxylation is 2. The van der Waals surface area contributed by atoms with Crippen molar-refractivity contribution in [3.63, 3.8) is 0 Å². The van der Waals surface area contributed by atoms with Crippen molar-refractivity contribution in [3.05, 3.63) is 59.4 Å². The molecule has 1 saturated heterocycles. The number of alkyl halides is 3. The number of hydrogen-bond acceptors (Lipinski definition) is 5. The average Bonchev–Trinajstić information content (AvgIpc) is 3.41. The third-order valence-corrected chi connectivity index (χ3v) is 6.31. The van der Waals surface area contributed by atoms with Crippen LogP contribution in [0.2, 0.25) is 0 Å². The standard InChI is InChI=1S/C23H24F3N7/c1-14-16-5-3-4-6-18(16)29-21(28-14)13-33-9-7-15(8-10-33)19-11-20(31-30-19)17-12-27-32(2)22(17)23(24,25)26/h3-6,11-12,15H,7-10,13H2,1-2H3,(H,30,31). The maximum atomic E-state index is 13.4. The van der Waals surface area contributed by atoms with Gasteiger partial charge in [-0.05, 0) is 45.0 Å². The van der Waals surface area contributed by atoms with Gasteiger partial charge in [0.25, 0.3) is 0 Å². The Morgan fingerprint density at radius 1 is 1.12 bits per heavy atom. The Labute approximate surface area is 188 Å². The SMILES string of the molecule is Cc1nc(CN2CCC(c3cc(-c4cnn(C)c4C(F)(F)F)n[nH]3)CC2)nc2ccccc12. The molecule has 172 valence electrons. The van der Waals surface area contributed by atoms with E-state index < -0.39 is 11.9 Å². The average molecular weight is 455 g/mol. The molecule has 4 aromatic rings. The van der Waals surface area contributed by atoms with E-state index in [0.29, 0.717) is 6.54 Å². The first-order chi connectivity index (χ1) is 15.8. The predicted molar refractivity (Wildman–Crippen MR) is 117 cm³/mol. The molecule has 1 N–H and O–H groups in total. The fourth-order valence-corrected chi connectivity index (χ4v) is 4.61. The first-order valence-electron chi connectivity index (χ1n) is 10.9. The Hall–Kier alpha value is -3.27. The second kappa shape index (κ2) is 8.26. The van der Waals surface area contributed by atoms with Gasteiger partial charge in [-0.15, -0.1) is 0 Å². The van der Waals surface area contributed by atoms with Gasteiger partial charge in [0.1, 0.15) is 5.82 Å². The lowest BCUT2D eigenvalue weighted by molar-refractivity contribution is -0.143. The van der Waals surface area contributed by atoms with Gasteiger partial charge in [0.15, 0.2) is 5.69 Å². The summed E-state index contributed by atoms with van der Waals surface area (Å²) in [5, 5.41) is 12.0. The van der Waals surface area contributed by atoms with Crippen LogP contribution in [0.1, 0.15) is 41.7 Å². The Balaban J connectivity index is 1.26. The highest BCUT2D eigenvalue weighted by molar-refractivity contribution is 5.80. The summed E-state index contributed by atoms with van der Waals surface area (Å²) >= 11 is 0. The van der Waals surface area contributed by atoms with Crippen molar-refractivity contribution < 1.29 is 13.2 Å². The number of hydrogen-bond donors (Lipinski definition) is 1. The summed E-state index contributed by atoms with van der Waals surface area (Å²) < 4.78 is 41.1. The molecule has 7 nitrogen and oxygen atoms in total. The lowest BCUT2D eigenvalue weighted by Gasteiger charge is -2.30. The molecule has 1 aliphatic heterocycles. The van der Waals surface area contributed by atoms with Gasteiger partial charge in [-0.2, -0.15) is 23.4 Å². The number of benzene rings is 1. The molecule has 3 aromatic heterocycles. The zero-order valence-electron chi connectivity index (χ0n) is 18.4. The summed E-state index contributed by atoms with van der Waals surface area (Å²) in [5.41, 5.74) is 2.26. The van der Waals surface area contributed by atoms with Gasteiger partial charge < -0.3 is 0 Å². The fourth-order valence-electron chi connectivity index (χ4n) is 4.61. The van der Waals surface area contributed by atoms with Crippen LogP contribution in [0, 0.1) is 6.92 Å². The zero-order chi connectivity index (χ0) is 23.2. The van der Waals surface area contributed by atoms with Gasteiger partial charge >= 0.3 is 6.18 Å². The number of rotatable bonds is 4. The van der Waals surface area contributed by atoms with E-state index in [4.69, 9.17) is 4.98 Å². The molecule has 33 heavy (non-hydrogen) atoms. The predicted octanol–water partition coefficient (Wildman–Crippen LogP) is 4.46. The van der Waals surface area contributed by atoms with Gasteiger partial charge in [-0.25, -0.2) is 9.97 Å². The normalized spacial score (nSPS) is 16.0. The molecule has 5 rings (SSSR count). The van der Waals surface area contributed by atoms with E-state index in [2.05, 4.69) is 25.2 Å². The minimum absolute atomic E-state index is 0.00578. The van der Waals surface area contributed by atoms with Crippen molar-refractivity contribution >= 4 is 10.9 Å². The van der Waals surface area contributed by atoms with E-state index in [-0.39, 0.29) is 17.2 Å². The minimum atomic E-state index is -4.49. The van der Waals surface area contributed by atoms with Crippen molar-refractivity contribution in [2.75, 3.05) is 13.1 Å². The monoisotopic (exact) mass is 455 g/mol. The first kappa shape index (κ1) is 21.6. The number of piperidine rings is 1. The summed E-state index contributed by atoms with van der Waals surface area (Å²) in [6, 6.07) is 9.72. The van der Waals surface area contributed by atoms with Crippen molar-refractivity contribution in [2.45, 2.75) is 38.4 Å². The van der Waals surface area contributed by atoms with Crippen LogP contribution in [0.15, 0.2) is 36.5 Å². The van der Waals surface area contributed by atoms with Crippen LogP contribution < -0.4 is 0 Å². The molecule has 0 saturated carbocycles. The van der Waals surface area contributed by atoms with Crippen molar-refractivity contribution in [1.82, 2.24) is 34.8 Å². The topological polar surface area (TPSA) is 75.5 Å². The van der Waals surface area contributed by atoms with E-state index in [1.165, 1.54) is 13.2 Å². The van der Waals surface area contributed by atoms with Crippen molar-refractivity contribution in [1.29, 1.82) is 0 Å². The van der Waals surface area contributed by atoms with Gasteiger partial charge in [0.2, 0.25) is 0 Å². The Morgan fingerprint density at radius 3 is 2.64 bits per heavy atom. The smallest absolute Gasteiger partial charge is 0.296 e. The zero-order valence-corrected chi connectivity index (χ0v) is 18.4. The summed E-state index contributed by atoms with van der Waals surface area (Å²) in [7, 11) is 1.29. The lowest BCUT2D eigenvalue weighted by atomic mass is 9.93. The third kappa shape index (κ3) is 4.22. The highest BCUT2D eigenvalue weighted by atomic mass is 19.4. The lowest BCUT2D eigenvalue weighted by Crippen LogP contribution is -2.33. The van der Waals surface area contributed by atoms with Gasteiger partial charge in [0, 0.05) is 29.7 Å². The summed E-state index contributed by atoms with van der Waals surface area (Å²) in [6.45, 7) is 4.39. The maximum Gasteiger partial charge on any atom is 0.433 e. The second-order valence-corrected chi connectivity index (χ2v) is 8.53. The molecular formula is C23H24F3N7. The first-order valence-corrected chi connectivity index (χ1v) is 10.9. The molecule has 0 radical (unpaired) electrons. The van der Waals surface area contributed by atoms with Gasteiger partial charge in [0.05, 0.1) is 29.5 Å². The number of likely N-dealkylation sites (tertiary alicyclic amines) is 1.